The lowest BCUT2D eigenvalue weighted by molar-refractivity contribution is 0.0509. The summed E-state index contributed by atoms with van der Waals surface area (Å²) in [5.41, 5.74) is 0.728. The molecule has 0 spiro atoms. The van der Waals surface area contributed by atoms with Crippen molar-refractivity contribution in [2.24, 2.45) is 17.3 Å². The largest absolute Gasteiger partial charge is 0.316 e. The second kappa shape index (κ2) is 4.86. The van der Waals surface area contributed by atoms with Gasteiger partial charge in [0, 0.05) is 6.54 Å². The molecule has 2 rings (SSSR count). The van der Waals surface area contributed by atoms with E-state index >= 15 is 0 Å². The summed E-state index contributed by atoms with van der Waals surface area (Å²) in [6.07, 6.45) is 10.5. The van der Waals surface area contributed by atoms with Crippen LogP contribution >= 0.6 is 0 Å². The predicted octanol–water partition coefficient (Wildman–Crippen LogP) is 3.59. The summed E-state index contributed by atoms with van der Waals surface area (Å²) in [5.74, 6) is 1.86. The summed E-state index contributed by atoms with van der Waals surface area (Å²) in [7, 11) is 0. The number of rotatable bonds is 5. The predicted molar refractivity (Wildman–Crippen MR) is 65.9 cm³/mol. The van der Waals surface area contributed by atoms with Crippen LogP contribution in [0.5, 0.6) is 0 Å². The maximum atomic E-state index is 3.70. The first-order chi connectivity index (χ1) is 7.23. The standard InChI is InChI=1S/C14H27N/c1-12(2)10-15-11-14(8-5-9-14)13-6-3-4-7-13/h12-13,15H,3-11H2,1-2H3. The van der Waals surface area contributed by atoms with E-state index in [1.165, 1.54) is 58.0 Å². The van der Waals surface area contributed by atoms with Crippen LogP contribution in [0.4, 0.5) is 0 Å². The van der Waals surface area contributed by atoms with Crippen LogP contribution in [-0.2, 0) is 0 Å². The van der Waals surface area contributed by atoms with Gasteiger partial charge >= 0.3 is 0 Å². The van der Waals surface area contributed by atoms with Gasteiger partial charge in [0.05, 0.1) is 0 Å². The Bertz CT molecular complexity index is 188. The molecule has 0 aliphatic heterocycles. The molecule has 88 valence electrons. The monoisotopic (exact) mass is 209 g/mol. The third-order valence-corrected chi connectivity index (χ3v) is 4.60. The third kappa shape index (κ3) is 2.55. The fourth-order valence-electron chi connectivity index (χ4n) is 3.51. The highest BCUT2D eigenvalue weighted by molar-refractivity contribution is 4.96. The summed E-state index contributed by atoms with van der Waals surface area (Å²) >= 11 is 0. The summed E-state index contributed by atoms with van der Waals surface area (Å²) in [6, 6.07) is 0. The molecule has 0 aromatic rings. The smallest absolute Gasteiger partial charge is 0.00106 e. The van der Waals surface area contributed by atoms with E-state index in [0.717, 1.165) is 17.3 Å². The molecule has 1 nitrogen and oxygen atoms in total. The van der Waals surface area contributed by atoms with Gasteiger partial charge in [-0.15, -0.1) is 0 Å². The molecule has 0 aromatic carbocycles. The van der Waals surface area contributed by atoms with E-state index in [0.29, 0.717) is 0 Å². The van der Waals surface area contributed by atoms with E-state index in [1.807, 2.05) is 0 Å². The molecule has 2 fully saturated rings. The quantitative estimate of drug-likeness (QED) is 0.729. The number of nitrogens with one attached hydrogen (secondary N) is 1. The van der Waals surface area contributed by atoms with Gasteiger partial charge in [-0.05, 0) is 49.5 Å². The Morgan fingerprint density at radius 2 is 1.80 bits per heavy atom. The maximum Gasteiger partial charge on any atom is 0.00106 e. The van der Waals surface area contributed by atoms with Crippen LogP contribution < -0.4 is 5.32 Å². The fourth-order valence-corrected chi connectivity index (χ4v) is 3.51. The molecule has 2 aliphatic rings. The Morgan fingerprint density at radius 1 is 1.13 bits per heavy atom. The molecule has 2 saturated carbocycles. The lowest BCUT2D eigenvalue weighted by Crippen LogP contribution is -2.45. The van der Waals surface area contributed by atoms with Crippen LogP contribution in [0.25, 0.3) is 0 Å². The normalized spacial score (nSPS) is 25.8. The molecule has 2 aliphatic carbocycles. The molecule has 0 radical (unpaired) electrons. The zero-order valence-electron chi connectivity index (χ0n) is 10.5. The van der Waals surface area contributed by atoms with Gasteiger partial charge in [0.1, 0.15) is 0 Å². The van der Waals surface area contributed by atoms with Gasteiger partial charge in [-0.1, -0.05) is 33.1 Å². The first-order valence-corrected chi connectivity index (χ1v) is 6.94. The summed E-state index contributed by atoms with van der Waals surface area (Å²) in [4.78, 5) is 0. The fraction of sp³-hybridized carbons (Fsp3) is 1.00. The van der Waals surface area contributed by atoms with Crippen LogP contribution in [0, 0.1) is 17.3 Å². The van der Waals surface area contributed by atoms with E-state index in [9.17, 15) is 0 Å². The van der Waals surface area contributed by atoms with E-state index in [2.05, 4.69) is 19.2 Å². The Hall–Kier alpha value is -0.0400. The maximum absolute atomic E-state index is 3.70. The van der Waals surface area contributed by atoms with Gasteiger partial charge in [0.2, 0.25) is 0 Å². The minimum atomic E-state index is 0.728. The lowest BCUT2D eigenvalue weighted by Gasteiger charge is -2.47. The summed E-state index contributed by atoms with van der Waals surface area (Å²) < 4.78 is 0. The molecule has 0 bridgehead atoms. The van der Waals surface area contributed by atoms with Gasteiger partial charge in [-0.3, -0.25) is 0 Å². The molecule has 1 N–H and O–H groups in total. The van der Waals surface area contributed by atoms with Gasteiger partial charge < -0.3 is 5.32 Å². The van der Waals surface area contributed by atoms with Crippen molar-refractivity contribution in [1.82, 2.24) is 5.32 Å². The van der Waals surface area contributed by atoms with E-state index in [-0.39, 0.29) is 0 Å². The molecule has 15 heavy (non-hydrogen) atoms. The van der Waals surface area contributed by atoms with Crippen LogP contribution in [0.15, 0.2) is 0 Å². The minimum absolute atomic E-state index is 0.728. The molecule has 0 amide bonds. The van der Waals surface area contributed by atoms with Crippen molar-refractivity contribution in [3.63, 3.8) is 0 Å². The third-order valence-electron chi connectivity index (χ3n) is 4.60. The van der Waals surface area contributed by atoms with Crippen molar-refractivity contribution in [3.05, 3.63) is 0 Å². The van der Waals surface area contributed by atoms with E-state index < -0.39 is 0 Å². The van der Waals surface area contributed by atoms with Crippen LogP contribution in [0.2, 0.25) is 0 Å². The number of hydrogen-bond acceptors (Lipinski definition) is 1. The molecular weight excluding hydrogens is 182 g/mol. The van der Waals surface area contributed by atoms with Crippen molar-refractivity contribution >= 4 is 0 Å². The zero-order chi connectivity index (χ0) is 10.7. The minimum Gasteiger partial charge on any atom is -0.316 e. The SMILES string of the molecule is CC(C)CNCC1(C2CCCC2)CCC1. The van der Waals surface area contributed by atoms with Gasteiger partial charge in [0.15, 0.2) is 0 Å². The summed E-state index contributed by atoms with van der Waals surface area (Å²) in [5, 5.41) is 3.70. The van der Waals surface area contributed by atoms with Crippen molar-refractivity contribution in [2.45, 2.75) is 58.8 Å². The zero-order valence-corrected chi connectivity index (χ0v) is 10.5. The van der Waals surface area contributed by atoms with Gasteiger partial charge in [-0.25, -0.2) is 0 Å². The Kier molecular flexibility index (Phi) is 3.71. The topological polar surface area (TPSA) is 12.0 Å². The summed E-state index contributed by atoms with van der Waals surface area (Å²) in [6.45, 7) is 7.11. The molecule has 0 aromatic heterocycles. The van der Waals surface area contributed by atoms with E-state index in [4.69, 9.17) is 0 Å². The highest BCUT2D eigenvalue weighted by atomic mass is 14.9. The average Bonchev–Trinajstić information content (AvgIpc) is 2.62. The molecule has 1 heteroatoms. The lowest BCUT2D eigenvalue weighted by atomic mass is 9.60. The second-order valence-corrected chi connectivity index (χ2v) is 6.22. The van der Waals surface area contributed by atoms with Crippen molar-refractivity contribution in [3.8, 4) is 0 Å². The Balaban J connectivity index is 1.79. The van der Waals surface area contributed by atoms with Crippen LogP contribution in [0.3, 0.4) is 0 Å². The van der Waals surface area contributed by atoms with Crippen LogP contribution in [-0.4, -0.2) is 13.1 Å². The molecule has 0 heterocycles. The van der Waals surface area contributed by atoms with Crippen molar-refractivity contribution in [2.75, 3.05) is 13.1 Å². The highest BCUT2D eigenvalue weighted by Crippen LogP contribution is 2.52. The Morgan fingerprint density at radius 3 is 2.27 bits per heavy atom. The molecule has 0 saturated heterocycles. The highest BCUT2D eigenvalue weighted by Gasteiger charge is 2.44. The Labute approximate surface area is 95.0 Å². The molecular formula is C14H27N. The van der Waals surface area contributed by atoms with Crippen molar-refractivity contribution < 1.29 is 0 Å². The molecule has 0 atom stereocenters. The van der Waals surface area contributed by atoms with Crippen molar-refractivity contribution in [1.29, 1.82) is 0 Å². The average molecular weight is 209 g/mol. The first-order valence-electron chi connectivity index (χ1n) is 6.94. The number of hydrogen-bond donors (Lipinski definition) is 1. The molecule has 0 unspecified atom stereocenters. The van der Waals surface area contributed by atoms with E-state index in [1.54, 1.807) is 0 Å². The second-order valence-electron chi connectivity index (χ2n) is 6.22. The first kappa shape index (κ1) is 11.4. The van der Waals surface area contributed by atoms with Crippen LogP contribution in [0.1, 0.15) is 58.8 Å². The van der Waals surface area contributed by atoms with Gasteiger partial charge in [0.25, 0.3) is 0 Å². The van der Waals surface area contributed by atoms with Gasteiger partial charge in [-0.2, -0.15) is 0 Å².